The Labute approximate surface area is 129 Å². The van der Waals surface area contributed by atoms with Crippen molar-refractivity contribution in [1.29, 1.82) is 0 Å². The van der Waals surface area contributed by atoms with Crippen LogP contribution in [0.3, 0.4) is 0 Å². The molecular weight excluding hydrogens is 280 g/mol. The van der Waals surface area contributed by atoms with Gasteiger partial charge in [-0.05, 0) is 36.2 Å². The first kappa shape index (κ1) is 14.1. The van der Waals surface area contributed by atoms with E-state index in [0.717, 1.165) is 40.0 Å². The third-order valence-electron chi connectivity index (χ3n) is 3.51. The van der Waals surface area contributed by atoms with Crippen LogP contribution in [0.4, 0.5) is 0 Å². The van der Waals surface area contributed by atoms with Crippen molar-refractivity contribution in [3.63, 3.8) is 0 Å². The van der Waals surface area contributed by atoms with Gasteiger partial charge in [0.25, 0.3) is 0 Å². The molecule has 0 saturated heterocycles. The van der Waals surface area contributed by atoms with Gasteiger partial charge in [-0.1, -0.05) is 48.0 Å². The van der Waals surface area contributed by atoms with Gasteiger partial charge in [0, 0.05) is 28.6 Å². The highest BCUT2D eigenvalue weighted by atomic mass is 35.5. The number of hydrogen-bond acceptors (Lipinski definition) is 2. The first-order valence-corrected chi connectivity index (χ1v) is 7.43. The topological polar surface area (TPSA) is 38.9 Å². The van der Waals surface area contributed by atoms with Crippen molar-refractivity contribution in [3.8, 4) is 0 Å². The molecule has 0 saturated carbocycles. The maximum atomic E-state index is 6.25. The molecule has 1 atom stereocenters. The van der Waals surface area contributed by atoms with E-state index < -0.39 is 0 Å². The number of fused-ring (bicyclic) bond motifs is 1. The van der Waals surface area contributed by atoms with Gasteiger partial charge in [0.2, 0.25) is 0 Å². The number of nitrogens with zero attached hydrogens (tertiary/aromatic N) is 1. The molecule has 0 aliphatic carbocycles. The van der Waals surface area contributed by atoms with Crippen LogP contribution in [0.2, 0.25) is 5.02 Å². The number of nitrogens with two attached hydrogens (primary N) is 1. The number of hydrogen-bond donors (Lipinski definition) is 1. The molecule has 3 aromatic rings. The van der Waals surface area contributed by atoms with Crippen LogP contribution >= 0.6 is 11.6 Å². The minimum absolute atomic E-state index is 0.0390. The quantitative estimate of drug-likeness (QED) is 0.790. The molecule has 3 rings (SSSR count). The Balaban J connectivity index is 1.72. The molecule has 21 heavy (non-hydrogen) atoms. The third-order valence-corrected chi connectivity index (χ3v) is 3.75. The van der Waals surface area contributed by atoms with E-state index in [2.05, 4.69) is 29.2 Å². The van der Waals surface area contributed by atoms with Crippen LogP contribution in [0.1, 0.15) is 11.3 Å². The number of rotatable bonds is 4. The number of para-hydroxylation sites is 1. The fourth-order valence-electron chi connectivity index (χ4n) is 2.53. The van der Waals surface area contributed by atoms with Crippen LogP contribution < -0.4 is 5.73 Å². The first-order valence-electron chi connectivity index (χ1n) is 7.05. The SMILES string of the molecule is NC(Cc1cccc(Cl)c1)Cc1ccc2ccccc2n1. The molecule has 3 heteroatoms. The van der Waals surface area contributed by atoms with E-state index in [1.807, 2.05) is 36.4 Å². The monoisotopic (exact) mass is 296 g/mol. The molecule has 106 valence electrons. The molecule has 0 bridgehead atoms. The molecule has 1 heterocycles. The fraction of sp³-hybridized carbons (Fsp3) is 0.167. The van der Waals surface area contributed by atoms with Gasteiger partial charge >= 0.3 is 0 Å². The van der Waals surface area contributed by atoms with E-state index >= 15 is 0 Å². The van der Waals surface area contributed by atoms with Crippen molar-refractivity contribution in [1.82, 2.24) is 4.98 Å². The van der Waals surface area contributed by atoms with Crippen LogP contribution in [-0.4, -0.2) is 11.0 Å². The van der Waals surface area contributed by atoms with Crippen molar-refractivity contribution in [2.24, 2.45) is 5.73 Å². The molecule has 0 aliphatic rings. The lowest BCUT2D eigenvalue weighted by molar-refractivity contribution is 0.656. The molecule has 0 spiro atoms. The molecule has 2 aromatic carbocycles. The van der Waals surface area contributed by atoms with Crippen LogP contribution in [0.5, 0.6) is 0 Å². The summed E-state index contributed by atoms with van der Waals surface area (Å²) in [5.74, 6) is 0. The lowest BCUT2D eigenvalue weighted by atomic mass is 10.0. The molecule has 0 radical (unpaired) electrons. The van der Waals surface area contributed by atoms with Gasteiger partial charge in [-0.2, -0.15) is 0 Å². The summed E-state index contributed by atoms with van der Waals surface area (Å²) >= 11 is 6.00. The van der Waals surface area contributed by atoms with Crippen molar-refractivity contribution < 1.29 is 0 Å². The van der Waals surface area contributed by atoms with Gasteiger partial charge in [0.1, 0.15) is 0 Å². The Kier molecular flexibility index (Phi) is 4.18. The summed E-state index contributed by atoms with van der Waals surface area (Å²) in [6.45, 7) is 0. The first-order chi connectivity index (χ1) is 10.2. The van der Waals surface area contributed by atoms with Gasteiger partial charge in [-0.15, -0.1) is 0 Å². The Hall–Kier alpha value is -1.90. The Bertz CT molecular complexity index is 755. The fourth-order valence-corrected chi connectivity index (χ4v) is 2.74. The molecule has 1 unspecified atom stereocenters. The maximum Gasteiger partial charge on any atom is 0.0705 e. The van der Waals surface area contributed by atoms with Crippen LogP contribution in [0.15, 0.2) is 60.7 Å². The molecule has 2 nitrogen and oxygen atoms in total. The van der Waals surface area contributed by atoms with Crippen molar-refractivity contribution in [2.75, 3.05) is 0 Å². The Morgan fingerprint density at radius 1 is 0.952 bits per heavy atom. The standard InChI is InChI=1S/C18H17ClN2/c19-15-6-3-4-13(10-15)11-16(20)12-17-9-8-14-5-1-2-7-18(14)21-17/h1-10,16H,11-12,20H2. The zero-order valence-corrected chi connectivity index (χ0v) is 12.4. The van der Waals surface area contributed by atoms with E-state index in [1.165, 1.54) is 0 Å². The molecular formula is C18H17ClN2. The minimum atomic E-state index is 0.0390. The number of halogens is 1. The lowest BCUT2D eigenvalue weighted by Crippen LogP contribution is -2.25. The van der Waals surface area contributed by atoms with E-state index in [0.29, 0.717) is 0 Å². The van der Waals surface area contributed by atoms with Crippen molar-refractivity contribution in [3.05, 3.63) is 76.9 Å². The van der Waals surface area contributed by atoms with Crippen LogP contribution in [0.25, 0.3) is 10.9 Å². The summed E-state index contributed by atoms with van der Waals surface area (Å²) in [6, 6.07) is 20.2. The largest absolute Gasteiger partial charge is 0.327 e. The van der Waals surface area contributed by atoms with Crippen LogP contribution in [-0.2, 0) is 12.8 Å². The number of aromatic nitrogens is 1. The summed E-state index contributed by atoms with van der Waals surface area (Å²) in [7, 11) is 0. The van der Waals surface area contributed by atoms with E-state index in [9.17, 15) is 0 Å². The predicted molar refractivity (Wildman–Crippen MR) is 88.6 cm³/mol. The summed E-state index contributed by atoms with van der Waals surface area (Å²) < 4.78 is 0. The maximum absolute atomic E-state index is 6.25. The summed E-state index contributed by atoms with van der Waals surface area (Å²) in [5, 5.41) is 1.91. The Morgan fingerprint density at radius 2 is 1.81 bits per heavy atom. The second kappa shape index (κ2) is 6.25. The highest BCUT2D eigenvalue weighted by molar-refractivity contribution is 6.30. The molecule has 0 amide bonds. The summed E-state index contributed by atoms with van der Waals surface area (Å²) in [5.41, 5.74) is 9.46. The van der Waals surface area contributed by atoms with E-state index in [1.54, 1.807) is 0 Å². The third kappa shape index (κ3) is 3.60. The van der Waals surface area contributed by atoms with E-state index in [4.69, 9.17) is 17.3 Å². The Morgan fingerprint density at radius 3 is 2.67 bits per heavy atom. The predicted octanol–water partition coefficient (Wildman–Crippen LogP) is 4.00. The van der Waals surface area contributed by atoms with Gasteiger partial charge in [-0.3, -0.25) is 4.98 Å². The average Bonchev–Trinajstić information content (AvgIpc) is 2.47. The number of benzene rings is 2. The second-order valence-corrected chi connectivity index (χ2v) is 5.73. The summed E-state index contributed by atoms with van der Waals surface area (Å²) in [4.78, 5) is 4.67. The van der Waals surface area contributed by atoms with Gasteiger partial charge in [-0.25, -0.2) is 0 Å². The van der Waals surface area contributed by atoms with Gasteiger partial charge in [0.15, 0.2) is 0 Å². The lowest BCUT2D eigenvalue weighted by Gasteiger charge is -2.12. The smallest absolute Gasteiger partial charge is 0.0705 e. The minimum Gasteiger partial charge on any atom is -0.327 e. The highest BCUT2D eigenvalue weighted by Gasteiger charge is 2.07. The molecule has 0 aliphatic heterocycles. The average molecular weight is 297 g/mol. The highest BCUT2D eigenvalue weighted by Crippen LogP contribution is 2.15. The summed E-state index contributed by atoms with van der Waals surface area (Å²) in [6.07, 6.45) is 1.56. The molecule has 0 fully saturated rings. The normalized spacial score (nSPS) is 12.5. The number of pyridine rings is 1. The van der Waals surface area contributed by atoms with Gasteiger partial charge < -0.3 is 5.73 Å². The van der Waals surface area contributed by atoms with Crippen molar-refractivity contribution >= 4 is 22.5 Å². The molecule has 2 N–H and O–H groups in total. The van der Waals surface area contributed by atoms with Crippen LogP contribution in [0, 0.1) is 0 Å². The zero-order chi connectivity index (χ0) is 14.7. The molecule has 1 aromatic heterocycles. The van der Waals surface area contributed by atoms with E-state index in [-0.39, 0.29) is 6.04 Å². The zero-order valence-electron chi connectivity index (χ0n) is 11.7. The van der Waals surface area contributed by atoms with Gasteiger partial charge in [0.05, 0.1) is 5.52 Å². The van der Waals surface area contributed by atoms with Crippen molar-refractivity contribution in [2.45, 2.75) is 18.9 Å². The second-order valence-electron chi connectivity index (χ2n) is 5.29.